The first-order valence-corrected chi connectivity index (χ1v) is 7.88. The molecule has 0 aliphatic carbocycles. The van der Waals surface area contributed by atoms with Gasteiger partial charge in [0.25, 0.3) is 0 Å². The standard InChI is InChI=1S/C16H13FO3S/c1-10-3-6-13(7-4-10)21(18,19)16-11(2)20-15-8-5-12(17)9-14(15)16/h3-9H,1-2H3. The van der Waals surface area contributed by atoms with Gasteiger partial charge < -0.3 is 4.42 Å². The molecule has 108 valence electrons. The molecule has 3 nitrogen and oxygen atoms in total. The molecule has 0 fully saturated rings. The summed E-state index contributed by atoms with van der Waals surface area (Å²) in [7, 11) is -3.75. The van der Waals surface area contributed by atoms with Crippen LogP contribution >= 0.6 is 0 Å². The highest BCUT2D eigenvalue weighted by Gasteiger charge is 2.26. The van der Waals surface area contributed by atoms with E-state index in [-0.39, 0.29) is 20.9 Å². The summed E-state index contributed by atoms with van der Waals surface area (Å²) in [6, 6.07) is 10.4. The highest BCUT2D eigenvalue weighted by molar-refractivity contribution is 7.91. The Labute approximate surface area is 121 Å². The van der Waals surface area contributed by atoms with E-state index in [1.165, 1.54) is 18.2 Å². The fourth-order valence-corrected chi connectivity index (χ4v) is 3.94. The first kappa shape index (κ1) is 13.8. The molecule has 0 N–H and O–H groups in total. The molecule has 1 aromatic heterocycles. The van der Waals surface area contributed by atoms with Crippen molar-refractivity contribution in [1.82, 2.24) is 0 Å². The van der Waals surface area contributed by atoms with E-state index in [2.05, 4.69) is 0 Å². The van der Waals surface area contributed by atoms with E-state index < -0.39 is 15.7 Å². The third kappa shape index (κ3) is 2.23. The van der Waals surface area contributed by atoms with Gasteiger partial charge in [-0.25, -0.2) is 12.8 Å². The predicted octanol–water partition coefficient (Wildman–Crippen LogP) is 4.02. The first-order valence-electron chi connectivity index (χ1n) is 6.40. The Morgan fingerprint density at radius 1 is 1.00 bits per heavy atom. The lowest BCUT2D eigenvalue weighted by Crippen LogP contribution is -2.03. The minimum absolute atomic E-state index is 0.0286. The summed E-state index contributed by atoms with van der Waals surface area (Å²) in [6.07, 6.45) is 0. The van der Waals surface area contributed by atoms with Crippen molar-refractivity contribution in [3.63, 3.8) is 0 Å². The number of benzene rings is 2. The molecule has 0 aliphatic heterocycles. The molecule has 0 bridgehead atoms. The molecule has 0 spiro atoms. The van der Waals surface area contributed by atoms with Crippen molar-refractivity contribution >= 4 is 20.8 Å². The molecule has 21 heavy (non-hydrogen) atoms. The van der Waals surface area contributed by atoms with Crippen LogP contribution < -0.4 is 0 Å². The first-order chi connectivity index (χ1) is 9.89. The van der Waals surface area contributed by atoms with Gasteiger partial charge in [-0.3, -0.25) is 0 Å². The lowest BCUT2D eigenvalue weighted by Gasteiger charge is -2.04. The van der Waals surface area contributed by atoms with E-state index >= 15 is 0 Å². The van der Waals surface area contributed by atoms with Gasteiger partial charge in [0.2, 0.25) is 9.84 Å². The number of halogens is 1. The molecule has 1 heterocycles. The maximum Gasteiger partial charge on any atom is 0.210 e. The van der Waals surface area contributed by atoms with Crippen LogP contribution in [0.5, 0.6) is 0 Å². The number of fused-ring (bicyclic) bond motifs is 1. The lowest BCUT2D eigenvalue weighted by molar-refractivity contribution is 0.557. The van der Waals surface area contributed by atoms with E-state index in [9.17, 15) is 12.8 Å². The Kier molecular flexibility index (Phi) is 3.10. The van der Waals surface area contributed by atoms with Gasteiger partial charge >= 0.3 is 0 Å². The Balaban J connectivity index is 2.30. The van der Waals surface area contributed by atoms with Crippen LogP contribution in [0.25, 0.3) is 11.0 Å². The second-order valence-corrected chi connectivity index (χ2v) is 6.83. The summed E-state index contributed by atoms with van der Waals surface area (Å²) in [5.74, 6) is -0.236. The molecular weight excluding hydrogens is 291 g/mol. The predicted molar refractivity (Wildman–Crippen MR) is 77.5 cm³/mol. The summed E-state index contributed by atoms with van der Waals surface area (Å²) >= 11 is 0. The zero-order valence-electron chi connectivity index (χ0n) is 11.6. The summed E-state index contributed by atoms with van der Waals surface area (Å²) < 4.78 is 44.4. The normalized spacial score (nSPS) is 12.0. The third-order valence-corrected chi connectivity index (χ3v) is 5.31. The number of rotatable bonds is 2. The second-order valence-electron chi connectivity index (χ2n) is 4.94. The fraction of sp³-hybridized carbons (Fsp3) is 0.125. The van der Waals surface area contributed by atoms with E-state index in [1.54, 1.807) is 31.2 Å². The molecule has 0 saturated heterocycles. The van der Waals surface area contributed by atoms with Crippen molar-refractivity contribution in [2.24, 2.45) is 0 Å². The molecule has 0 atom stereocenters. The van der Waals surface area contributed by atoms with Crippen LogP contribution in [0.3, 0.4) is 0 Å². The van der Waals surface area contributed by atoms with Gasteiger partial charge in [0.1, 0.15) is 22.1 Å². The van der Waals surface area contributed by atoms with Crippen LogP contribution in [-0.2, 0) is 9.84 Å². The monoisotopic (exact) mass is 304 g/mol. The summed E-state index contributed by atoms with van der Waals surface area (Å²) in [4.78, 5) is 0.198. The van der Waals surface area contributed by atoms with Crippen LogP contribution in [0.15, 0.2) is 56.7 Å². The van der Waals surface area contributed by atoms with Gasteiger partial charge in [-0.15, -0.1) is 0 Å². The van der Waals surface area contributed by atoms with E-state index in [0.717, 1.165) is 5.56 Å². The highest BCUT2D eigenvalue weighted by atomic mass is 32.2. The van der Waals surface area contributed by atoms with Gasteiger partial charge in [0, 0.05) is 5.39 Å². The van der Waals surface area contributed by atoms with E-state index in [4.69, 9.17) is 4.42 Å². The molecular formula is C16H13FO3S. The number of sulfone groups is 1. The number of hydrogen-bond donors (Lipinski definition) is 0. The third-order valence-electron chi connectivity index (χ3n) is 3.37. The van der Waals surface area contributed by atoms with Crippen molar-refractivity contribution < 1.29 is 17.2 Å². The topological polar surface area (TPSA) is 47.3 Å². The molecule has 3 rings (SSSR count). The molecule has 0 saturated carbocycles. The summed E-state index contributed by atoms with van der Waals surface area (Å²) in [5.41, 5.74) is 1.33. The van der Waals surface area contributed by atoms with Crippen molar-refractivity contribution in [3.8, 4) is 0 Å². The van der Waals surface area contributed by atoms with E-state index in [1.807, 2.05) is 6.92 Å². The largest absolute Gasteiger partial charge is 0.460 e. The van der Waals surface area contributed by atoms with Crippen LogP contribution in [-0.4, -0.2) is 8.42 Å². The number of hydrogen-bond acceptors (Lipinski definition) is 3. The van der Waals surface area contributed by atoms with Crippen molar-refractivity contribution in [3.05, 3.63) is 59.6 Å². The molecule has 2 aromatic carbocycles. The van der Waals surface area contributed by atoms with Gasteiger partial charge in [0.15, 0.2) is 0 Å². The highest BCUT2D eigenvalue weighted by Crippen LogP contribution is 2.34. The van der Waals surface area contributed by atoms with Crippen molar-refractivity contribution in [2.45, 2.75) is 23.6 Å². The molecule has 5 heteroatoms. The van der Waals surface area contributed by atoms with Gasteiger partial charge in [-0.05, 0) is 44.2 Å². The smallest absolute Gasteiger partial charge is 0.210 e. The minimum Gasteiger partial charge on any atom is -0.460 e. The lowest BCUT2D eigenvalue weighted by atomic mass is 10.2. The Morgan fingerprint density at radius 2 is 1.67 bits per heavy atom. The Morgan fingerprint density at radius 3 is 2.33 bits per heavy atom. The Bertz CT molecular complexity index is 922. The number of furan rings is 1. The molecule has 0 aliphatic rings. The van der Waals surface area contributed by atoms with Crippen molar-refractivity contribution in [1.29, 1.82) is 0 Å². The van der Waals surface area contributed by atoms with Crippen LogP contribution in [0, 0.1) is 19.7 Å². The van der Waals surface area contributed by atoms with Crippen LogP contribution in [0.4, 0.5) is 4.39 Å². The molecule has 3 aromatic rings. The van der Waals surface area contributed by atoms with Gasteiger partial charge in [-0.1, -0.05) is 17.7 Å². The van der Waals surface area contributed by atoms with E-state index in [0.29, 0.717) is 5.58 Å². The number of aryl methyl sites for hydroxylation is 2. The average Bonchev–Trinajstić information content (AvgIpc) is 2.75. The second kappa shape index (κ2) is 4.70. The Hall–Kier alpha value is -2.14. The molecule has 0 amide bonds. The SMILES string of the molecule is Cc1ccc(S(=O)(=O)c2c(C)oc3ccc(F)cc23)cc1. The maximum atomic E-state index is 13.4. The van der Waals surface area contributed by atoms with Crippen LogP contribution in [0.1, 0.15) is 11.3 Å². The molecule has 0 radical (unpaired) electrons. The minimum atomic E-state index is -3.75. The zero-order valence-corrected chi connectivity index (χ0v) is 12.4. The fourth-order valence-electron chi connectivity index (χ4n) is 2.34. The zero-order chi connectivity index (χ0) is 15.2. The van der Waals surface area contributed by atoms with Crippen LogP contribution in [0.2, 0.25) is 0 Å². The van der Waals surface area contributed by atoms with Gasteiger partial charge in [-0.2, -0.15) is 0 Å². The van der Waals surface area contributed by atoms with Crippen molar-refractivity contribution in [2.75, 3.05) is 0 Å². The van der Waals surface area contributed by atoms with Gasteiger partial charge in [0.05, 0.1) is 4.90 Å². The maximum absolute atomic E-state index is 13.4. The summed E-state index contributed by atoms with van der Waals surface area (Å²) in [5, 5.41) is 0.271. The average molecular weight is 304 g/mol. The quantitative estimate of drug-likeness (QED) is 0.718. The molecule has 0 unspecified atom stereocenters. The summed E-state index contributed by atoms with van der Waals surface area (Å²) in [6.45, 7) is 3.45.